The molecule has 18 heavy (non-hydrogen) atoms. The van der Waals surface area contributed by atoms with Crippen molar-refractivity contribution in [1.82, 2.24) is 0 Å². The molecule has 0 aliphatic heterocycles. The SMILES string of the molecule is NC(=O)CCCNc1c(Cl)cc(N)cc1C(=O)O. The van der Waals surface area contributed by atoms with Gasteiger partial charge in [0.25, 0.3) is 0 Å². The zero-order valence-corrected chi connectivity index (χ0v) is 10.3. The molecule has 0 saturated carbocycles. The third-order valence-electron chi connectivity index (χ3n) is 2.24. The summed E-state index contributed by atoms with van der Waals surface area (Å²) in [7, 11) is 0. The van der Waals surface area contributed by atoms with Crippen molar-refractivity contribution in [3.63, 3.8) is 0 Å². The van der Waals surface area contributed by atoms with Crippen LogP contribution < -0.4 is 16.8 Å². The van der Waals surface area contributed by atoms with Crippen LogP contribution >= 0.6 is 11.6 Å². The van der Waals surface area contributed by atoms with E-state index in [4.69, 9.17) is 28.2 Å². The molecule has 1 rings (SSSR count). The minimum Gasteiger partial charge on any atom is -0.478 e. The van der Waals surface area contributed by atoms with E-state index in [1.54, 1.807) is 0 Å². The number of halogens is 1. The number of hydrogen-bond acceptors (Lipinski definition) is 4. The van der Waals surface area contributed by atoms with Crippen molar-refractivity contribution in [2.24, 2.45) is 5.73 Å². The molecule has 6 N–H and O–H groups in total. The normalized spacial score (nSPS) is 10.1. The van der Waals surface area contributed by atoms with Crippen LogP contribution in [0, 0.1) is 0 Å². The number of nitrogen functional groups attached to an aromatic ring is 1. The fourth-order valence-electron chi connectivity index (χ4n) is 1.45. The van der Waals surface area contributed by atoms with Gasteiger partial charge in [0.2, 0.25) is 5.91 Å². The van der Waals surface area contributed by atoms with E-state index in [0.29, 0.717) is 18.7 Å². The number of carbonyl (C=O) groups excluding carboxylic acids is 1. The summed E-state index contributed by atoms with van der Waals surface area (Å²) in [4.78, 5) is 21.6. The average molecular weight is 272 g/mol. The number of benzene rings is 1. The van der Waals surface area contributed by atoms with E-state index >= 15 is 0 Å². The second-order valence-corrected chi connectivity index (χ2v) is 4.13. The molecule has 0 spiro atoms. The second kappa shape index (κ2) is 6.11. The summed E-state index contributed by atoms with van der Waals surface area (Å²) < 4.78 is 0. The van der Waals surface area contributed by atoms with Gasteiger partial charge >= 0.3 is 5.97 Å². The number of carboxylic acid groups (broad SMARTS) is 1. The quantitative estimate of drug-likeness (QED) is 0.459. The maximum absolute atomic E-state index is 11.0. The maximum atomic E-state index is 11.0. The second-order valence-electron chi connectivity index (χ2n) is 3.73. The summed E-state index contributed by atoms with van der Waals surface area (Å²) in [6, 6.07) is 2.79. The van der Waals surface area contributed by atoms with E-state index in [-0.39, 0.29) is 22.7 Å². The van der Waals surface area contributed by atoms with E-state index in [0.717, 1.165) is 0 Å². The first-order valence-electron chi connectivity index (χ1n) is 5.26. The molecule has 0 fully saturated rings. The molecule has 1 aromatic carbocycles. The molecule has 0 aliphatic carbocycles. The molecule has 0 unspecified atom stereocenters. The van der Waals surface area contributed by atoms with E-state index in [2.05, 4.69) is 5.32 Å². The molecular formula is C11H14ClN3O3. The first kappa shape index (κ1) is 14.1. The van der Waals surface area contributed by atoms with E-state index < -0.39 is 11.9 Å². The number of rotatable bonds is 6. The van der Waals surface area contributed by atoms with Crippen molar-refractivity contribution in [1.29, 1.82) is 0 Å². The first-order valence-corrected chi connectivity index (χ1v) is 5.64. The summed E-state index contributed by atoms with van der Waals surface area (Å²) in [5.74, 6) is -1.53. The van der Waals surface area contributed by atoms with Crippen molar-refractivity contribution in [2.75, 3.05) is 17.6 Å². The molecule has 0 heterocycles. The van der Waals surface area contributed by atoms with Gasteiger partial charge in [0.15, 0.2) is 0 Å². The summed E-state index contributed by atoms with van der Waals surface area (Å²) in [5, 5.41) is 12.1. The number of primary amides is 1. The summed E-state index contributed by atoms with van der Waals surface area (Å²) in [6.07, 6.45) is 0.719. The van der Waals surface area contributed by atoms with Gasteiger partial charge in [0.1, 0.15) is 0 Å². The maximum Gasteiger partial charge on any atom is 0.337 e. The molecule has 0 saturated heterocycles. The van der Waals surface area contributed by atoms with Crippen molar-refractivity contribution < 1.29 is 14.7 Å². The Labute approximate surface area is 109 Å². The predicted molar refractivity (Wildman–Crippen MR) is 69.7 cm³/mol. The zero-order valence-electron chi connectivity index (χ0n) is 9.57. The highest BCUT2D eigenvalue weighted by Crippen LogP contribution is 2.29. The topological polar surface area (TPSA) is 118 Å². The molecule has 0 aromatic heterocycles. The third-order valence-corrected chi connectivity index (χ3v) is 2.54. The van der Waals surface area contributed by atoms with Crippen LogP contribution in [0.2, 0.25) is 5.02 Å². The third kappa shape index (κ3) is 3.81. The molecule has 0 radical (unpaired) electrons. The Hall–Kier alpha value is -1.95. The lowest BCUT2D eigenvalue weighted by Gasteiger charge is -2.12. The van der Waals surface area contributed by atoms with Gasteiger partial charge in [-0.05, 0) is 18.6 Å². The molecule has 0 bridgehead atoms. The van der Waals surface area contributed by atoms with Crippen LogP contribution in [0.25, 0.3) is 0 Å². The lowest BCUT2D eigenvalue weighted by molar-refractivity contribution is -0.118. The summed E-state index contributed by atoms with van der Waals surface area (Å²) in [6.45, 7) is 0.396. The number of hydrogen-bond donors (Lipinski definition) is 4. The molecule has 1 amide bonds. The highest BCUT2D eigenvalue weighted by Gasteiger charge is 2.14. The van der Waals surface area contributed by atoms with Gasteiger partial charge in [-0.1, -0.05) is 11.6 Å². The van der Waals surface area contributed by atoms with Gasteiger partial charge in [-0.3, -0.25) is 4.79 Å². The Bertz CT molecular complexity index is 477. The lowest BCUT2D eigenvalue weighted by atomic mass is 10.1. The number of nitrogens with two attached hydrogens (primary N) is 2. The van der Waals surface area contributed by atoms with Crippen LogP contribution in [0.1, 0.15) is 23.2 Å². The minimum atomic E-state index is -1.12. The van der Waals surface area contributed by atoms with Gasteiger partial charge in [-0.25, -0.2) is 4.79 Å². The Morgan fingerprint density at radius 1 is 1.39 bits per heavy atom. The van der Waals surface area contributed by atoms with Crippen LogP contribution in [0.15, 0.2) is 12.1 Å². The number of carboxylic acids is 1. The van der Waals surface area contributed by atoms with Gasteiger partial charge in [-0.15, -0.1) is 0 Å². The number of amides is 1. The average Bonchev–Trinajstić information content (AvgIpc) is 2.25. The van der Waals surface area contributed by atoms with Gasteiger partial charge in [0, 0.05) is 18.7 Å². The monoisotopic (exact) mass is 271 g/mol. The molecule has 0 atom stereocenters. The fourth-order valence-corrected chi connectivity index (χ4v) is 1.75. The van der Waals surface area contributed by atoms with E-state index in [1.807, 2.05) is 0 Å². The van der Waals surface area contributed by atoms with Gasteiger partial charge in [0.05, 0.1) is 16.3 Å². The highest BCUT2D eigenvalue weighted by molar-refractivity contribution is 6.34. The van der Waals surface area contributed by atoms with Crippen molar-refractivity contribution >= 4 is 34.9 Å². The van der Waals surface area contributed by atoms with E-state index in [1.165, 1.54) is 12.1 Å². The summed E-state index contributed by atoms with van der Waals surface area (Å²) in [5.41, 5.74) is 11.1. The molecule has 98 valence electrons. The Balaban J connectivity index is 2.80. The first-order chi connectivity index (χ1) is 8.41. The van der Waals surface area contributed by atoms with Crippen LogP contribution in [-0.4, -0.2) is 23.5 Å². The fraction of sp³-hybridized carbons (Fsp3) is 0.273. The van der Waals surface area contributed by atoms with Crippen molar-refractivity contribution in [3.8, 4) is 0 Å². The van der Waals surface area contributed by atoms with Crippen molar-refractivity contribution in [2.45, 2.75) is 12.8 Å². The van der Waals surface area contributed by atoms with Crippen LogP contribution in [0.5, 0.6) is 0 Å². The molecular weight excluding hydrogens is 258 g/mol. The van der Waals surface area contributed by atoms with Crippen LogP contribution in [0.3, 0.4) is 0 Å². The molecule has 1 aromatic rings. The lowest BCUT2D eigenvalue weighted by Crippen LogP contribution is -2.14. The van der Waals surface area contributed by atoms with E-state index in [9.17, 15) is 9.59 Å². The Morgan fingerprint density at radius 3 is 2.61 bits per heavy atom. The standard InChI is InChI=1S/C11H14ClN3O3/c12-8-5-6(13)4-7(11(17)18)10(8)15-3-1-2-9(14)16/h4-5,15H,1-3,13H2,(H2,14,16)(H,17,18). The largest absolute Gasteiger partial charge is 0.478 e. The highest BCUT2D eigenvalue weighted by atomic mass is 35.5. The number of aromatic carboxylic acids is 1. The van der Waals surface area contributed by atoms with Gasteiger partial charge < -0.3 is 21.9 Å². The smallest absolute Gasteiger partial charge is 0.337 e. The minimum absolute atomic E-state index is 0.000856. The Morgan fingerprint density at radius 2 is 2.06 bits per heavy atom. The van der Waals surface area contributed by atoms with Crippen LogP contribution in [-0.2, 0) is 4.79 Å². The molecule has 6 nitrogen and oxygen atoms in total. The Kier molecular flexibility index (Phi) is 4.79. The molecule has 0 aliphatic rings. The van der Waals surface area contributed by atoms with Gasteiger partial charge in [-0.2, -0.15) is 0 Å². The van der Waals surface area contributed by atoms with Crippen LogP contribution in [0.4, 0.5) is 11.4 Å². The number of anilines is 2. The predicted octanol–water partition coefficient (Wildman–Crippen LogP) is 1.30. The van der Waals surface area contributed by atoms with Crippen molar-refractivity contribution in [3.05, 3.63) is 22.7 Å². The molecule has 7 heteroatoms. The zero-order chi connectivity index (χ0) is 13.7. The number of nitrogens with one attached hydrogen (secondary N) is 1. The summed E-state index contributed by atoms with van der Waals surface area (Å²) >= 11 is 5.92. The number of carbonyl (C=O) groups is 2.